The molecule has 1 atom stereocenters. The van der Waals surface area contributed by atoms with Crippen LogP contribution in [0.5, 0.6) is 0 Å². The van der Waals surface area contributed by atoms with Crippen LogP contribution in [0.25, 0.3) is 0 Å². The van der Waals surface area contributed by atoms with Crippen molar-refractivity contribution in [3.8, 4) is 0 Å². The number of piperazine rings is 1. The number of hydrogen-bond acceptors (Lipinski definition) is 3. The maximum Gasteiger partial charge on any atom is 0.0195 e. The van der Waals surface area contributed by atoms with E-state index in [1.54, 1.807) is 0 Å². The Morgan fingerprint density at radius 1 is 1.11 bits per heavy atom. The Morgan fingerprint density at radius 3 is 2.61 bits per heavy atom. The highest BCUT2D eigenvalue weighted by molar-refractivity contribution is 4.80. The van der Waals surface area contributed by atoms with Gasteiger partial charge in [-0.25, -0.2) is 0 Å². The van der Waals surface area contributed by atoms with Crippen LogP contribution in [0, 0.1) is 0 Å². The highest BCUT2D eigenvalue weighted by Crippen LogP contribution is 2.18. The van der Waals surface area contributed by atoms with E-state index in [1.807, 2.05) is 0 Å². The minimum absolute atomic E-state index is 0.750. The molecular formula is C15H31N3. The molecule has 0 aromatic heterocycles. The molecule has 2 fully saturated rings. The number of hydrogen-bond donors (Lipinski definition) is 1. The Morgan fingerprint density at radius 2 is 1.94 bits per heavy atom. The maximum atomic E-state index is 3.60. The Labute approximate surface area is 113 Å². The first-order valence-electron chi connectivity index (χ1n) is 7.99. The third-order valence-electron chi connectivity index (χ3n) is 4.42. The van der Waals surface area contributed by atoms with Gasteiger partial charge in [-0.1, -0.05) is 13.3 Å². The molecule has 1 aliphatic carbocycles. The minimum atomic E-state index is 0.750. The zero-order chi connectivity index (χ0) is 12.8. The zero-order valence-corrected chi connectivity index (χ0v) is 12.3. The molecule has 0 aromatic carbocycles. The highest BCUT2D eigenvalue weighted by atomic mass is 15.3. The molecule has 0 aromatic rings. The SMILES string of the molecule is CCN1CCN(CCCCCNC2CC2)CC1C. The Bertz CT molecular complexity index is 228. The fraction of sp³-hybridized carbons (Fsp3) is 1.00. The molecule has 1 saturated carbocycles. The van der Waals surface area contributed by atoms with Crippen molar-refractivity contribution in [1.82, 2.24) is 15.1 Å². The van der Waals surface area contributed by atoms with Gasteiger partial charge in [0.2, 0.25) is 0 Å². The predicted octanol–water partition coefficient (Wildman–Crippen LogP) is 1.93. The summed E-state index contributed by atoms with van der Waals surface area (Å²) < 4.78 is 0. The van der Waals surface area contributed by atoms with E-state index in [4.69, 9.17) is 0 Å². The first kappa shape index (κ1) is 14.3. The Hall–Kier alpha value is -0.120. The lowest BCUT2D eigenvalue weighted by Crippen LogP contribution is -2.51. The van der Waals surface area contributed by atoms with Gasteiger partial charge in [-0.2, -0.15) is 0 Å². The summed E-state index contributed by atoms with van der Waals surface area (Å²) in [6.07, 6.45) is 6.97. The minimum Gasteiger partial charge on any atom is -0.314 e. The van der Waals surface area contributed by atoms with Gasteiger partial charge in [-0.3, -0.25) is 4.90 Å². The molecule has 3 heteroatoms. The van der Waals surface area contributed by atoms with Gasteiger partial charge in [0.1, 0.15) is 0 Å². The standard InChI is InChI=1S/C15H31N3/c1-3-18-12-11-17(13-14(18)2)10-6-4-5-9-16-15-7-8-15/h14-16H,3-13H2,1-2H3. The van der Waals surface area contributed by atoms with Crippen LogP contribution in [0.3, 0.4) is 0 Å². The van der Waals surface area contributed by atoms with Crippen LogP contribution in [0.2, 0.25) is 0 Å². The van der Waals surface area contributed by atoms with E-state index in [2.05, 4.69) is 29.0 Å². The normalized spacial score (nSPS) is 26.7. The lowest BCUT2D eigenvalue weighted by molar-refractivity contribution is 0.0869. The summed E-state index contributed by atoms with van der Waals surface area (Å²) in [5.41, 5.74) is 0. The molecule has 106 valence electrons. The van der Waals surface area contributed by atoms with Crippen LogP contribution in [0.4, 0.5) is 0 Å². The molecule has 2 aliphatic rings. The lowest BCUT2D eigenvalue weighted by atomic mass is 10.1. The number of likely N-dealkylation sites (N-methyl/N-ethyl adjacent to an activating group) is 1. The summed E-state index contributed by atoms with van der Waals surface area (Å²) >= 11 is 0. The van der Waals surface area contributed by atoms with Crippen LogP contribution >= 0.6 is 0 Å². The van der Waals surface area contributed by atoms with Crippen LogP contribution in [0.15, 0.2) is 0 Å². The second kappa shape index (κ2) is 7.46. The third-order valence-corrected chi connectivity index (χ3v) is 4.42. The second-order valence-electron chi connectivity index (χ2n) is 6.07. The van der Waals surface area contributed by atoms with Gasteiger partial charge >= 0.3 is 0 Å². The number of nitrogens with zero attached hydrogens (tertiary/aromatic N) is 2. The summed E-state index contributed by atoms with van der Waals surface area (Å²) in [7, 11) is 0. The van der Waals surface area contributed by atoms with Crippen molar-refractivity contribution < 1.29 is 0 Å². The smallest absolute Gasteiger partial charge is 0.0195 e. The van der Waals surface area contributed by atoms with E-state index >= 15 is 0 Å². The maximum absolute atomic E-state index is 3.60. The van der Waals surface area contributed by atoms with E-state index < -0.39 is 0 Å². The Kier molecular flexibility index (Phi) is 5.93. The van der Waals surface area contributed by atoms with Gasteiger partial charge in [-0.15, -0.1) is 0 Å². The van der Waals surface area contributed by atoms with Gasteiger partial charge in [-0.05, 0) is 52.2 Å². The first-order chi connectivity index (χ1) is 8.79. The van der Waals surface area contributed by atoms with Crippen molar-refractivity contribution in [3.63, 3.8) is 0 Å². The van der Waals surface area contributed by atoms with E-state index in [0.717, 1.165) is 12.1 Å². The summed E-state index contributed by atoms with van der Waals surface area (Å²) in [6.45, 7) is 12.2. The fourth-order valence-corrected chi connectivity index (χ4v) is 2.97. The summed E-state index contributed by atoms with van der Waals surface area (Å²) in [5.74, 6) is 0. The molecule has 3 nitrogen and oxygen atoms in total. The predicted molar refractivity (Wildman–Crippen MR) is 78.0 cm³/mol. The van der Waals surface area contributed by atoms with Crippen LogP contribution in [-0.2, 0) is 0 Å². The number of rotatable bonds is 8. The zero-order valence-electron chi connectivity index (χ0n) is 12.3. The second-order valence-corrected chi connectivity index (χ2v) is 6.07. The molecule has 0 radical (unpaired) electrons. The molecule has 0 bridgehead atoms. The fourth-order valence-electron chi connectivity index (χ4n) is 2.97. The van der Waals surface area contributed by atoms with E-state index in [0.29, 0.717) is 0 Å². The molecule has 1 N–H and O–H groups in total. The van der Waals surface area contributed by atoms with E-state index in [1.165, 1.54) is 71.4 Å². The highest BCUT2D eigenvalue weighted by Gasteiger charge is 2.21. The molecule has 1 heterocycles. The third kappa shape index (κ3) is 4.87. The monoisotopic (exact) mass is 253 g/mol. The quantitative estimate of drug-likeness (QED) is 0.667. The van der Waals surface area contributed by atoms with Crippen molar-refractivity contribution >= 4 is 0 Å². The molecule has 1 saturated heterocycles. The van der Waals surface area contributed by atoms with Crippen LogP contribution in [0.1, 0.15) is 46.0 Å². The average molecular weight is 253 g/mol. The molecule has 1 unspecified atom stereocenters. The largest absolute Gasteiger partial charge is 0.314 e. The van der Waals surface area contributed by atoms with Crippen molar-refractivity contribution in [2.24, 2.45) is 0 Å². The van der Waals surface area contributed by atoms with Crippen LogP contribution in [-0.4, -0.2) is 61.2 Å². The van der Waals surface area contributed by atoms with Gasteiger partial charge < -0.3 is 10.2 Å². The summed E-state index contributed by atoms with van der Waals surface area (Å²) in [4.78, 5) is 5.25. The number of unbranched alkanes of at least 4 members (excludes halogenated alkanes) is 2. The topological polar surface area (TPSA) is 18.5 Å². The van der Waals surface area contributed by atoms with Gasteiger partial charge in [0.05, 0.1) is 0 Å². The van der Waals surface area contributed by atoms with Crippen molar-refractivity contribution in [2.45, 2.75) is 58.0 Å². The Balaban J connectivity index is 1.46. The molecule has 18 heavy (non-hydrogen) atoms. The number of nitrogens with one attached hydrogen (secondary N) is 1. The van der Waals surface area contributed by atoms with E-state index in [-0.39, 0.29) is 0 Å². The molecule has 0 amide bonds. The van der Waals surface area contributed by atoms with Crippen molar-refractivity contribution in [2.75, 3.05) is 39.3 Å². The lowest BCUT2D eigenvalue weighted by Gasteiger charge is -2.39. The summed E-state index contributed by atoms with van der Waals surface area (Å²) in [5, 5.41) is 3.60. The summed E-state index contributed by atoms with van der Waals surface area (Å²) in [6, 6.07) is 1.63. The molecule has 1 aliphatic heterocycles. The average Bonchev–Trinajstić information content (AvgIpc) is 3.18. The first-order valence-corrected chi connectivity index (χ1v) is 7.99. The molecular weight excluding hydrogens is 222 g/mol. The van der Waals surface area contributed by atoms with Gasteiger partial charge in [0, 0.05) is 31.7 Å². The molecule has 0 spiro atoms. The van der Waals surface area contributed by atoms with Crippen molar-refractivity contribution in [1.29, 1.82) is 0 Å². The van der Waals surface area contributed by atoms with Crippen molar-refractivity contribution in [3.05, 3.63) is 0 Å². The van der Waals surface area contributed by atoms with Gasteiger partial charge in [0.15, 0.2) is 0 Å². The van der Waals surface area contributed by atoms with Gasteiger partial charge in [0.25, 0.3) is 0 Å². The molecule has 2 rings (SSSR count). The van der Waals surface area contributed by atoms with Crippen LogP contribution < -0.4 is 5.32 Å². The van der Waals surface area contributed by atoms with E-state index in [9.17, 15) is 0 Å².